The highest BCUT2D eigenvalue weighted by atomic mass is 32.2. The summed E-state index contributed by atoms with van der Waals surface area (Å²) in [7, 11) is -0.727. The Morgan fingerprint density at radius 2 is 2.10 bits per heavy atom. The Hall–Kier alpha value is -1.44. The third-order valence-corrected chi connectivity index (χ3v) is 5.12. The minimum atomic E-state index is -3.66. The van der Waals surface area contributed by atoms with Gasteiger partial charge in [-0.3, -0.25) is 4.79 Å². The van der Waals surface area contributed by atoms with Crippen molar-refractivity contribution in [3.63, 3.8) is 0 Å². The maximum atomic E-state index is 12.4. The molecule has 0 aromatic heterocycles. The third-order valence-electron chi connectivity index (χ3n) is 3.27. The number of rotatable bonds is 7. The molecule has 1 aromatic rings. The number of hydrogen-bond acceptors (Lipinski definition) is 4. The molecule has 1 unspecified atom stereocenters. The fourth-order valence-electron chi connectivity index (χ4n) is 1.80. The lowest BCUT2D eigenvalue weighted by Crippen LogP contribution is -2.31. The Morgan fingerprint density at radius 3 is 2.67 bits per heavy atom. The van der Waals surface area contributed by atoms with Gasteiger partial charge in [-0.2, -0.15) is 0 Å². The van der Waals surface area contributed by atoms with E-state index in [4.69, 9.17) is 0 Å². The van der Waals surface area contributed by atoms with Crippen LogP contribution >= 0.6 is 0 Å². The van der Waals surface area contributed by atoms with E-state index in [1.54, 1.807) is 12.1 Å². The van der Waals surface area contributed by atoms with Crippen molar-refractivity contribution < 1.29 is 18.3 Å². The maximum Gasteiger partial charge on any atom is 0.242 e. The van der Waals surface area contributed by atoms with E-state index in [1.807, 2.05) is 6.92 Å². The van der Waals surface area contributed by atoms with Crippen LogP contribution in [0.5, 0.6) is 0 Å². The molecular formula is C14H22N2O4S. The number of nitrogens with zero attached hydrogens (tertiary/aromatic N) is 1. The van der Waals surface area contributed by atoms with Crippen LogP contribution in [0.1, 0.15) is 31.4 Å². The van der Waals surface area contributed by atoms with Crippen molar-refractivity contribution in [2.45, 2.75) is 30.8 Å². The van der Waals surface area contributed by atoms with Crippen molar-refractivity contribution in [1.29, 1.82) is 0 Å². The van der Waals surface area contributed by atoms with E-state index in [1.165, 1.54) is 26.2 Å². The first-order valence-electron chi connectivity index (χ1n) is 6.77. The Balaban J connectivity index is 2.94. The minimum absolute atomic E-state index is 0.0998. The highest BCUT2D eigenvalue weighted by Gasteiger charge is 2.22. The number of aliphatic hydroxyl groups excluding tert-OH is 1. The molecule has 0 aliphatic rings. The zero-order valence-corrected chi connectivity index (χ0v) is 13.4. The first-order valence-corrected chi connectivity index (χ1v) is 8.21. The van der Waals surface area contributed by atoms with Gasteiger partial charge in [-0.1, -0.05) is 19.1 Å². The average Bonchev–Trinajstić information content (AvgIpc) is 2.51. The summed E-state index contributed by atoms with van der Waals surface area (Å²) in [5, 5.41) is 12.3. The Kier molecular flexibility index (Phi) is 6.32. The molecule has 1 amide bonds. The minimum Gasteiger partial charge on any atom is -0.388 e. The fraction of sp³-hybridized carbons (Fsp3) is 0.500. The second-order valence-electron chi connectivity index (χ2n) is 4.75. The number of aliphatic hydroxyl groups is 1. The molecular weight excluding hydrogens is 292 g/mol. The van der Waals surface area contributed by atoms with Crippen LogP contribution in [0.3, 0.4) is 0 Å². The van der Waals surface area contributed by atoms with Crippen LogP contribution in [-0.4, -0.2) is 44.4 Å². The number of hydrogen-bond donors (Lipinski definition) is 2. The normalized spacial score (nSPS) is 13.2. The molecule has 0 aliphatic heterocycles. The molecule has 21 heavy (non-hydrogen) atoms. The molecule has 118 valence electrons. The van der Waals surface area contributed by atoms with E-state index in [-0.39, 0.29) is 23.8 Å². The summed E-state index contributed by atoms with van der Waals surface area (Å²) in [6.45, 7) is 1.92. The topological polar surface area (TPSA) is 86.7 Å². The molecule has 0 saturated carbocycles. The summed E-state index contributed by atoms with van der Waals surface area (Å²) in [5.41, 5.74) is 0.568. The zero-order valence-electron chi connectivity index (χ0n) is 12.5. The van der Waals surface area contributed by atoms with Gasteiger partial charge in [0.05, 0.1) is 11.0 Å². The van der Waals surface area contributed by atoms with E-state index in [9.17, 15) is 18.3 Å². The SMILES string of the molecule is CCC(O)c1cccc(S(=O)(=O)N(C)CCC(=O)NC)c1. The van der Waals surface area contributed by atoms with Gasteiger partial charge in [-0.25, -0.2) is 12.7 Å². The van der Waals surface area contributed by atoms with Gasteiger partial charge in [0.15, 0.2) is 0 Å². The van der Waals surface area contributed by atoms with Crippen LogP contribution < -0.4 is 5.32 Å². The molecule has 0 radical (unpaired) electrons. The van der Waals surface area contributed by atoms with Gasteiger partial charge >= 0.3 is 0 Å². The number of carbonyl (C=O) groups excluding carboxylic acids is 1. The van der Waals surface area contributed by atoms with Crippen LogP contribution in [0.2, 0.25) is 0 Å². The third kappa shape index (κ3) is 4.52. The van der Waals surface area contributed by atoms with Crippen molar-refractivity contribution in [3.05, 3.63) is 29.8 Å². The Bertz CT molecular complexity index is 586. The molecule has 0 spiro atoms. The quantitative estimate of drug-likeness (QED) is 0.782. The highest BCUT2D eigenvalue weighted by Crippen LogP contribution is 2.21. The summed E-state index contributed by atoms with van der Waals surface area (Å²) in [6, 6.07) is 6.25. The van der Waals surface area contributed by atoms with Gasteiger partial charge in [-0.05, 0) is 24.1 Å². The van der Waals surface area contributed by atoms with Gasteiger partial charge in [-0.15, -0.1) is 0 Å². The standard InChI is InChI=1S/C14H22N2O4S/c1-4-13(17)11-6-5-7-12(10-11)21(19,20)16(3)9-8-14(18)15-2/h5-7,10,13,17H,4,8-9H2,1-3H3,(H,15,18). The molecule has 1 atom stereocenters. The summed E-state index contributed by atoms with van der Waals surface area (Å²) >= 11 is 0. The van der Waals surface area contributed by atoms with E-state index in [2.05, 4.69) is 5.32 Å². The molecule has 0 bridgehead atoms. The Labute approximate surface area is 125 Å². The van der Waals surface area contributed by atoms with Crippen LogP contribution in [-0.2, 0) is 14.8 Å². The number of nitrogens with one attached hydrogen (secondary N) is 1. The first-order chi connectivity index (χ1) is 9.82. The summed E-state index contributed by atoms with van der Waals surface area (Å²) in [5.74, 6) is -0.216. The van der Waals surface area contributed by atoms with E-state index >= 15 is 0 Å². The van der Waals surface area contributed by atoms with E-state index in [0.29, 0.717) is 12.0 Å². The van der Waals surface area contributed by atoms with Gasteiger partial charge in [0.1, 0.15) is 0 Å². The van der Waals surface area contributed by atoms with Crippen molar-refractivity contribution in [2.24, 2.45) is 0 Å². The van der Waals surface area contributed by atoms with E-state index < -0.39 is 16.1 Å². The maximum absolute atomic E-state index is 12.4. The largest absolute Gasteiger partial charge is 0.388 e. The van der Waals surface area contributed by atoms with Crippen molar-refractivity contribution in [3.8, 4) is 0 Å². The number of carbonyl (C=O) groups is 1. The predicted molar refractivity (Wildman–Crippen MR) is 80.2 cm³/mol. The van der Waals surface area contributed by atoms with Crippen molar-refractivity contribution in [2.75, 3.05) is 20.6 Å². The van der Waals surface area contributed by atoms with Gasteiger partial charge in [0, 0.05) is 27.1 Å². The lowest BCUT2D eigenvalue weighted by Gasteiger charge is -2.18. The van der Waals surface area contributed by atoms with Crippen molar-refractivity contribution in [1.82, 2.24) is 9.62 Å². The second kappa shape index (κ2) is 7.53. The molecule has 0 saturated heterocycles. The van der Waals surface area contributed by atoms with Gasteiger partial charge in [0.25, 0.3) is 0 Å². The van der Waals surface area contributed by atoms with Crippen molar-refractivity contribution >= 4 is 15.9 Å². The lowest BCUT2D eigenvalue weighted by atomic mass is 10.1. The zero-order chi connectivity index (χ0) is 16.0. The van der Waals surface area contributed by atoms with Crippen LogP contribution in [0.4, 0.5) is 0 Å². The molecule has 6 nitrogen and oxygen atoms in total. The number of sulfonamides is 1. The summed E-state index contributed by atoms with van der Waals surface area (Å²) < 4.78 is 26.0. The predicted octanol–water partition coefficient (Wildman–Crippen LogP) is 0.887. The molecule has 0 fully saturated rings. The molecule has 0 aliphatic carbocycles. The number of benzene rings is 1. The molecule has 0 heterocycles. The van der Waals surface area contributed by atoms with Gasteiger partial charge in [0.2, 0.25) is 15.9 Å². The molecule has 1 rings (SSSR count). The summed E-state index contributed by atoms with van der Waals surface area (Å²) in [4.78, 5) is 11.3. The highest BCUT2D eigenvalue weighted by molar-refractivity contribution is 7.89. The molecule has 7 heteroatoms. The monoisotopic (exact) mass is 314 g/mol. The lowest BCUT2D eigenvalue weighted by molar-refractivity contribution is -0.120. The summed E-state index contributed by atoms with van der Waals surface area (Å²) in [6.07, 6.45) is -0.0733. The average molecular weight is 314 g/mol. The van der Waals surface area contributed by atoms with Gasteiger partial charge < -0.3 is 10.4 Å². The smallest absolute Gasteiger partial charge is 0.242 e. The Morgan fingerprint density at radius 1 is 1.43 bits per heavy atom. The van der Waals surface area contributed by atoms with Crippen LogP contribution in [0.15, 0.2) is 29.2 Å². The molecule has 1 aromatic carbocycles. The second-order valence-corrected chi connectivity index (χ2v) is 6.79. The fourth-order valence-corrected chi connectivity index (χ4v) is 3.03. The van der Waals surface area contributed by atoms with Crippen LogP contribution in [0, 0.1) is 0 Å². The number of amides is 1. The van der Waals surface area contributed by atoms with E-state index in [0.717, 1.165) is 4.31 Å². The first kappa shape index (κ1) is 17.6. The molecule has 2 N–H and O–H groups in total. The van der Waals surface area contributed by atoms with Crippen LogP contribution in [0.25, 0.3) is 0 Å².